The van der Waals surface area contributed by atoms with Gasteiger partial charge in [-0.15, -0.1) is 0 Å². The van der Waals surface area contributed by atoms with Gasteiger partial charge in [0.2, 0.25) is 5.91 Å². The van der Waals surface area contributed by atoms with E-state index in [1.54, 1.807) is 0 Å². The van der Waals surface area contributed by atoms with Crippen molar-refractivity contribution in [2.45, 2.75) is 44.1 Å². The van der Waals surface area contributed by atoms with Crippen molar-refractivity contribution in [2.24, 2.45) is 5.92 Å². The molecule has 1 heterocycles. The van der Waals surface area contributed by atoms with Crippen LogP contribution in [0.1, 0.15) is 38.5 Å². The summed E-state index contributed by atoms with van der Waals surface area (Å²) in [6.45, 7) is 0.821. The molecule has 0 radical (unpaired) electrons. The second kappa shape index (κ2) is 3.29. The third-order valence-corrected chi connectivity index (χ3v) is 3.41. The lowest BCUT2D eigenvalue weighted by Crippen LogP contribution is -2.37. The Balaban J connectivity index is 1.75. The van der Waals surface area contributed by atoms with Crippen molar-refractivity contribution in [2.75, 3.05) is 6.54 Å². The van der Waals surface area contributed by atoms with Crippen molar-refractivity contribution >= 4 is 5.91 Å². The van der Waals surface area contributed by atoms with Crippen molar-refractivity contribution in [1.29, 1.82) is 0 Å². The first-order valence-corrected chi connectivity index (χ1v) is 5.20. The van der Waals surface area contributed by atoms with Crippen LogP contribution in [0.5, 0.6) is 0 Å². The van der Waals surface area contributed by atoms with Gasteiger partial charge in [0.25, 0.3) is 0 Å². The van der Waals surface area contributed by atoms with E-state index >= 15 is 0 Å². The van der Waals surface area contributed by atoms with E-state index in [1.165, 1.54) is 0 Å². The molecular formula is C10H17NO2. The van der Waals surface area contributed by atoms with Gasteiger partial charge in [-0.2, -0.15) is 0 Å². The smallest absolute Gasteiger partial charge is 0.223 e. The predicted molar refractivity (Wildman–Crippen MR) is 49.2 cm³/mol. The van der Waals surface area contributed by atoms with Crippen LogP contribution in [0.15, 0.2) is 0 Å². The van der Waals surface area contributed by atoms with Crippen LogP contribution in [-0.2, 0) is 4.79 Å². The minimum absolute atomic E-state index is 0.171. The fourth-order valence-electron chi connectivity index (χ4n) is 2.20. The lowest BCUT2D eigenvalue weighted by molar-refractivity contribution is -0.123. The van der Waals surface area contributed by atoms with Gasteiger partial charge in [-0.05, 0) is 38.5 Å². The Morgan fingerprint density at radius 1 is 1.54 bits per heavy atom. The van der Waals surface area contributed by atoms with E-state index in [2.05, 4.69) is 5.32 Å². The molecule has 0 aromatic heterocycles. The summed E-state index contributed by atoms with van der Waals surface area (Å²) in [6.07, 6.45) is 5.64. The summed E-state index contributed by atoms with van der Waals surface area (Å²) in [7, 11) is 0. The zero-order valence-corrected chi connectivity index (χ0v) is 7.88. The van der Waals surface area contributed by atoms with Gasteiger partial charge < -0.3 is 10.4 Å². The Hall–Kier alpha value is -0.570. The maximum Gasteiger partial charge on any atom is 0.223 e. The van der Waals surface area contributed by atoms with Gasteiger partial charge in [-0.25, -0.2) is 0 Å². The van der Waals surface area contributed by atoms with Crippen LogP contribution in [0.3, 0.4) is 0 Å². The molecule has 13 heavy (non-hydrogen) atoms. The number of aliphatic hydroxyl groups is 1. The predicted octanol–water partition coefficient (Wildman–Crippen LogP) is 0.818. The van der Waals surface area contributed by atoms with Gasteiger partial charge >= 0.3 is 0 Å². The largest absolute Gasteiger partial charge is 0.390 e. The van der Waals surface area contributed by atoms with Gasteiger partial charge in [0.1, 0.15) is 0 Å². The quantitative estimate of drug-likeness (QED) is 0.680. The van der Waals surface area contributed by atoms with Crippen LogP contribution in [0.4, 0.5) is 0 Å². The van der Waals surface area contributed by atoms with Crippen molar-refractivity contribution in [3.63, 3.8) is 0 Å². The molecule has 1 unspecified atom stereocenters. The van der Waals surface area contributed by atoms with E-state index in [-0.39, 0.29) is 11.8 Å². The van der Waals surface area contributed by atoms with Crippen LogP contribution in [0.2, 0.25) is 0 Å². The van der Waals surface area contributed by atoms with E-state index < -0.39 is 5.60 Å². The summed E-state index contributed by atoms with van der Waals surface area (Å²) in [5, 5.41) is 12.6. The summed E-state index contributed by atoms with van der Waals surface area (Å²) in [5.41, 5.74) is -0.414. The van der Waals surface area contributed by atoms with E-state index in [4.69, 9.17) is 0 Å². The zero-order valence-electron chi connectivity index (χ0n) is 7.88. The normalized spacial score (nSPS) is 31.2. The minimum atomic E-state index is -0.414. The maximum atomic E-state index is 11.2. The molecule has 1 atom stereocenters. The van der Waals surface area contributed by atoms with Crippen molar-refractivity contribution in [1.82, 2.24) is 5.32 Å². The molecule has 2 aliphatic rings. The van der Waals surface area contributed by atoms with Gasteiger partial charge in [0.15, 0.2) is 0 Å². The number of rotatable bonds is 3. The van der Waals surface area contributed by atoms with Crippen LogP contribution in [0, 0.1) is 5.92 Å². The first-order chi connectivity index (χ1) is 6.20. The fourth-order valence-corrected chi connectivity index (χ4v) is 2.20. The average Bonchev–Trinajstić information content (AvgIpc) is 2.44. The standard InChI is InChI=1S/C10H17NO2/c12-9-8(3-7-11-9)2-6-10(13)4-1-5-10/h8,13H,1-7H2,(H,11,12). The van der Waals surface area contributed by atoms with Gasteiger partial charge in [-0.1, -0.05) is 0 Å². The molecule has 3 heteroatoms. The molecule has 0 bridgehead atoms. The third-order valence-electron chi connectivity index (χ3n) is 3.41. The molecule has 3 nitrogen and oxygen atoms in total. The Morgan fingerprint density at radius 2 is 2.31 bits per heavy atom. The Bertz CT molecular complexity index is 211. The molecule has 1 aliphatic carbocycles. The lowest BCUT2D eigenvalue weighted by atomic mass is 9.76. The first kappa shape index (κ1) is 9.00. The summed E-state index contributed by atoms with van der Waals surface area (Å²) in [5.74, 6) is 0.354. The highest BCUT2D eigenvalue weighted by molar-refractivity contribution is 5.80. The van der Waals surface area contributed by atoms with Crippen molar-refractivity contribution in [3.05, 3.63) is 0 Å². The van der Waals surface area contributed by atoms with Gasteiger partial charge in [0.05, 0.1) is 5.60 Å². The Morgan fingerprint density at radius 3 is 2.77 bits per heavy atom. The molecule has 0 aromatic carbocycles. The molecule has 2 rings (SSSR count). The molecular weight excluding hydrogens is 166 g/mol. The third kappa shape index (κ3) is 1.85. The summed E-state index contributed by atoms with van der Waals surface area (Å²) in [6, 6.07) is 0. The fraction of sp³-hybridized carbons (Fsp3) is 0.900. The summed E-state index contributed by atoms with van der Waals surface area (Å²) >= 11 is 0. The molecule has 1 amide bonds. The first-order valence-electron chi connectivity index (χ1n) is 5.20. The minimum Gasteiger partial charge on any atom is -0.390 e. The second-order valence-electron chi connectivity index (χ2n) is 4.39. The summed E-state index contributed by atoms with van der Waals surface area (Å²) in [4.78, 5) is 11.2. The van der Waals surface area contributed by atoms with Crippen molar-refractivity contribution < 1.29 is 9.90 Å². The molecule has 2 N–H and O–H groups in total. The molecule has 2 fully saturated rings. The topological polar surface area (TPSA) is 49.3 Å². The van der Waals surface area contributed by atoms with E-state index in [9.17, 15) is 9.90 Å². The average molecular weight is 183 g/mol. The number of nitrogens with one attached hydrogen (secondary N) is 1. The van der Waals surface area contributed by atoms with E-state index in [1.807, 2.05) is 0 Å². The monoisotopic (exact) mass is 183 g/mol. The SMILES string of the molecule is O=C1NCCC1CCC1(O)CCC1. The van der Waals surface area contributed by atoms with Crippen molar-refractivity contribution in [3.8, 4) is 0 Å². The van der Waals surface area contributed by atoms with Crippen LogP contribution >= 0.6 is 0 Å². The highest BCUT2D eigenvalue weighted by Crippen LogP contribution is 2.37. The number of hydrogen-bond acceptors (Lipinski definition) is 2. The Kier molecular flexibility index (Phi) is 2.28. The van der Waals surface area contributed by atoms with Crippen LogP contribution in [-0.4, -0.2) is 23.2 Å². The molecule has 0 spiro atoms. The molecule has 1 saturated heterocycles. The lowest BCUT2D eigenvalue weighted by Gasteiger charge is -2.37. The summed E-state index contributed by atoms with van der Waals surface area (Å²) < 4.78 is 0. The van der Waals surface area contributed by atoms with Gasteiger partial charge in [0, 0.05) is 12.5 Å². The van der Waals surface area contributed by atoms with E-state index in [0.29, 0.717) is 0 Å². The van der Waals surface area contributed by atoms with Crippen LogP contribution < -0.4 is 5.32 Å². The molecule has 1 saturated carbocycles. The Labute approximate surface area is 78.5 Å². The second-order valence-corrected chi connectivity index (χ2v) is 4.39. The maximum absolute atomic E-state index is 11.2. The number of hydrogen-bond donors (Lipinski definition) is 2. The molecule has 1 aliphatic heterocycles. The molecule has 74 valence electrons. The van der Waals surface area contributed by atoms with Crippen LogP contribution in [0.25, 0.3) is 0 Å². The highest BCUT2D eigenvalue weighted by atomic mass is 16.3. The highest BCUT2D eigenvalue weighted by Gasteiger charge is 2.36. The number of carbonyl (C=O) groups is 1. The number of carbonyl (C=O) groups excluding carboxylic acids is 1. The van der Waals surface area contributed by atoms with E-state index in [0.717, 1.165) is 45.1 Å². The number of amides is 1. The zero-order chi connectivity index (χ0) is 9.31. The molecule has 0 aromatic rings. The van der Waals surface area contributed by atoms with Gasteiger partial charge in [-0.3, -0.25) is 4.79 Å².